The molecule has 3 heterocycles. The van der Waals surface area contributed by atoms with Gasteiger partial charge in [-0.25, -0.2) is 4.98 Å². The molecule has 0 amide bonds. The molecule has 2 N–H and O–H groups in total. The molecular weight excluding hydrogens is 336 g/mol. The van der Waals surface area contributed by atoms with E-state index in [2.05, 4.69) is 32.7 Å². The first kappa shape index (κ1) is 18.9. The molecule has 5 nitrogen and oxygen atoms in total. The summed E-state index contributed by atoms with van der Waals surface area (Å²) in [6.45, 7) is 5.98. The number of halogens is 1. The first-order valence-electron chi connectivity index (χ1n) is 9.64. The second kappa shape index (κ2) is 9.17. The molecule has 1 aromatic heterocycles. The Hall–Kier alpha value is -0.880. The van der Waals surface area contributed by atoms with E-state index in [-0.39, 0.29) is 12.4 Å². The van der Waals surface area contributed by atoms with E-state index in [9.17, 15) is 0 Å². The summed E-state index contributed by atoms with van der Waals surface area (Å²) in [5.41, 5.74) is 1.35. The molecule has 25 heavy (non-hydrogen) atoms. The fourth-order valence-electron chi connectivity index (χ4n) is 4.52. The molecule has 6 heteroatoms. The standard InChI is InChI=1S/C19H30N4O.ClH/c1-2-10-23(9-1)19-12-15(6-7-21-19)13-22-17-5-3-4-16(17)18-14-24-11-8-20-18;/h6-7,12,16-18,20,22H,1-5,8-11,13-14H2;1H. The summed E-state index contributed by atoms with van der Waals surface area (Å²) in [6.07, 6.45) is 8.49. The molecule has 0 radical (unpaired) electrons. The van der Waals surface area contributed by atoms with E-state index in [1.165, 1.54) is 37.7 Å². The van der Waals surface area contributed by atoms with Crippen LogP contribution in [0.1, 0.15) is 37.7 Å². The molecule has 0 bridgehead atoms. The minimum Gasteiger partial charge on any atom is -0.379 e. The highest BCUT2D eigenvalue weighted by atomic mass is 35.5. The van der Waals surface area contributed by atoms with Gasteiger partial charge < -0.3 is 20.3 Å². The third-order valence-electron chi connectivity index (χ3n) is 5.84. The first-order valence-corrected chi connectivity index (χ1v) is 9.64. The number of hydrogen-bond acceptors (Lipinski definition) is 5. The summed E-state index contributed by atoms with van der Waals surface area (Å²) in [7, 11) is 0. The summed E-state index contributed by atoms with van der Waals surface area (Å²) in [5.74, 6) is 1.85. The zero-order chi connectivity index (χ0) is 16.2. The maximum absolute atomic E-state index is 5.67. The van der Waals surface area contributed by atoms with Crippen LogP contribution < -0.4 is 15.5 Å². The number of pyridine rings is 1. The molecule has 3 aliphatic rings. The van der Waals surface area contributed by atoms with Gasteiger partial charge in [0.1, 0.15) is 5.82 Å². The fraction of sp³-hybridized carbons (Fsp3) is 0.737. The van der Waals surface area contributed by atoms with Gasteiger partial charge in [0.2, 0.25) is 0 Å². The van der Waals surface area contributed by atoms with E-state index in [0.29, 0.717) is 18.0 Å². The first-order chi connectivity index (χ1) is 11.9. The highest BCUT2D eigenvalue weighted by molar-refractivity contribution is 5.85. The van der Waals surface area contributed by atoms with E-state index in [1.807, 2.05) is 6.20 Å². The lowest BCUT2D eigenvalue weighted by molar-refractivity contribution is 0.0524. The summed E-state index contributed by atoms with van der Waals surface area (Å²) in [4.78, 5) is 6.97. The Morgan fingerprint density at radius 3 is 2.92 bits per heavy atom. The molecule has 0 spiro atoms. The molecule has 1 aromatic rings. The Labute approximate surface area is 157 Å². The van der Waals surface area contributed by atoms with Gasteiger partial charge in [-0.2, -0.15) is 0 Å². The van der Waals surface area contributed by atoms with Crippen LogP contribution in [-0.2, 0) is 11.3 Å². The Morgan fingerprint density at radius 1 is 1.24 bits per heavy atom. The quantitative estimate of drug-likeness (QED) is 0.837. The molecule has 0 aromatic carbocycles. The molecule has 2 saturated heterocycles. The number of nitrogens with one attached hydrogen (secondary N) is 2. The second-order valence-electron chi connectivity index (χ2n) is 7.43. The van der Waals surface area contributed by atoms with Crippen molar-refractivity contribution in [2.24, 2.45) is 5.92 Å². The van der Waals surface area contributed by atoms with Crippen LogP contribution in [0.4, 0.5) is 5.82 Å². The van der Waals surface area contributed by atoms with Gasteiger partial charge in [0.15, 0.2) is 0 Å². The highest BCUT2D eigenvalue weighted by Gasteiger charge is 2.34. The SMILES string of the molecule is Cl.c1cc(CNC2CCCC2C2COCCN2)cc(N2CCCC2)n1. The van der Waals surface area contributed by atoms with E-state index in [0.717, 1.165) is 45.2 Å². The molecule has 3 fully saturated rings. The zero-order valence-electron chi connectivity index (χ0n) is 15.0. The molecular formula is C19H31ClN4O. The predicted molar refractivity (Wildman–Crippen MR) is 104 cm³/mol. The van der Waals surface area contributed by atoms with Crippen molar-refractivity contribution in [3.05, 3.63) is 23.9 Å². The zero-order valence-corrected chi connectivity index (χ0v) is 15.8. The van der Waals surface area contributed by atoms with Gasteiger partial charge in [0.25, 0.3) is 0 Å². The van der Waals surface area contributed by atoms with Gasteiger partial charge >= 0.3 is 0 Å². The van der Waals surface area contributed by atoms with Crippen LogP contribution in [0.25, 0.3) is 0 Å². The summed E-state index contributed by atoms with van der Waals surface area (Å²) < 4.78 is 5.67. The molecule has 1 saturated carbocycles. The number of aromatic nitrogens is 1. The summed E-state index contributed by atoms with van der Waals surface area (Å²) in [6, 6.07) is 5.55. The number of hydrogen-bond donors (Lipinski definition) is 2. The minimum absolute atomic E-state index is 0. The average molecular weight is 367 g/mol. The molecule has 1 aliphatic carbocycles. The van der Waals surface area contributed by atoms with E-state index >= 15 is 0 Å². The summed E-state index contributed by atoms with van der Waals surface area (Å²) in [5, 5.41) is 7.47. The van der Waals surface area contributed by atoms with Gasteiger partial charge in [-0.1, -0.05) is 6.42 Å². The maximum atomic E-state index is 5.67. The molecule has 3 unspecified atom stereocenters. The predicted octanol–water partition coefficient (Wildman–Crippen LogP) is 2.35. The van der Waals surface area contributed by atoms with Crippen LogP contribution in [0, 0.1) is 5.92 Å². The Balaban J connectivity index is 0.00000182. The van der Waals surface area contributed by atoms with Crippen LogP contribution in [0.2, 0.25) is 0 Å². The van der Waals surface area contributed by atoms with Crippen LogP contribution in [0.5, 0.6) is 0 Å². The topological polar surface area (TPSA) is 49.4 Å². The number of rotatable bonds is 5. The molecule has 3 atom stereocenters. The van der Waals surface area contributed by atoms with E-state index in [4.69, 9.17) is 4.74 Å². The number of morpholine rings is 1. The number of anilines is 1. The average Bonchev–Trinajstić information content (AvgIpc) is 3.33. The highest BCUT2D eigenvalue weighted by Crippen LogP contribution is 2.30. The van der Waals surface area contributed by atoms with Gasteiger partial charge in [-0.05, 0) is 49.3 Å². The number of ether oxygens (including phenoxy) is 1. The van der Waals surface area contributed by atoms with Crippen molar-refractivity contribution >= 4 is 18.2 Å². The molecule has 4 rings (SSSR count). The van der Waals surface area contributed by atoms with Crippen molar-refractivity contribution in [3.8, 4) is 0 Å². The lowest BCUT2D eigenvalue weighted by atomic mass is 9.94. The Bertz CT molecular complexity index is 532. The van der Waals surface area contributed by atoms with Crippen LogP contribution in [0.3, 0.4) is 0 Å². The van der Waals surface area contributed by atoms with Crippen molar-refractivity contribution < 1.29 is 4.74 Å². The largest absolute Gasteiger partial charge is 0.379 e. The van der Waals surface area contributed by atoms with E-state index in [1.54, 1.807) is 0 Å². The lowest BCUT2D eigenvalue weighted by Gasteiger charge is -2.33. The van der Waals surface area contributed by atoms with Crippen LogP contribution >= 0.6 is 12.4 Å². The van der Waals surface area contributed by atoms with Crippen molar-refractivity contribution in [1.29, 1.82) is 0 Å². The van der Waals surface area contributed by atoms with Crippen molar-refractivity contribution in [2.45, 2.75) is 50.7 Å². The third-order valence-corrected chi connectivity index (χ3v) is 5.84. The normalized spacial score (nSPS) is 29.6. The van der Waals surface area contributed by atoms with Crippen molar-refractivity contribution in [1.82, 2.24) is 15.6 Å². The molecule has 140 valence electrons. The smallest absolute Gasteiger partial charge is 0.128 e. The van der Waals surface area contributed by atoms with Crippen LogP contribution in [0.15, 0.2) is 18.3 Å². The Morgan fingerprint density at radius 2 is 2.12 bits per heavy atom. The lowest BCUT2D eigenvalue weighted by Crippen LogP contribution is -2.50. The Kier molecular flexibility index (Phi) is 6.93. The third kappa shape index (κ3) is 4.64. The maximum Gasteiger partial charge on any atom is 0.128 e. The summed E-state index contributed by atoms with van der Waals surface area (Å²) >= 11 is 0. The van der Waals surface area contributed by atoms with Crippen LogP contribution in [-0.4, -0.2) is 49.9 Å². The van der Waals surface area contributed by atoms with Gasteiger partial charge in [0.05, 0.1) is 13.2 Å². The molecule has 2 aliphatic heterocycles. The number of nitrogens with zero attached hydrogens (tertiary/aromatic N) is 2. The van der Waals surface area contributed by atoms with Gasteiger partial charge in [0, 0.05) is 44.5 Å². The van der Waals surface area contributed by atoms with Gasteiger partial charge in [-0.3, -0.25) is 0 Å². The van der Waals surface area contributed by atoms with Crippen molar-refractivity contribution in [2.75, 3.05) is 37.7 Å². The monoisotopic (exact) mass is 366 g/mol. The fourth-order valence-corrected chi connectivity index (χ4v) is 4.52. The second-order valence-corrected chi connectivity index (χ2v) is 7.43. The van der Waals surface area contributed by atoms with Gasteiger partial charge in [-0.15, -0.1) is 12.4 Å². The van der Waals surface area contributed by atoms with E-state index < -0.39 is 0 Å². The minimum atomic E-state index is 0. The van der Waals surface area contributed by atoms with Crippen molar-refractivity contribution in [3.63, 3.8) is 0 Å².